The molecular formula is C22H27BrN2O3. The Morgan fingerprint density at radius 3 is 2.43 bits per heavy atom. The molecule has 0 spiro atoms. The van der Waals surface area contributed by atoms with Crippen molar-refractivity contribution in [2.45, 2.75) is 40.3 Å². The third kappa shape index (κ3) is 6.09. The van der Waals surface area contributed by atoms with E-state index in [4.69, 9.17) is 4.74 Å². The van der Waals surface area contributed by atoms with E-state index in [0.29, 0.717) is 18.8 Å². The molecule has 0 aliphatic rings. The molecule has 0 aliphatic carbocycles. The minimum absolute atomic E-state index is 0.128. The van der Waals surface area contributed by atoms with Crippen molar-refractivity contribution in [3.8, 4) is 5.75 Å². The van der Waals surface area contributed by atoms with Gasteiger partial charge in [0.1, 0.15) is 11.8 Å². The lowest BCUT2D eigenvalue weighted by Crippen LogP contribution is -2.49. The second-order valence-electron chi connectivity index (χ2n) is 6.78. The molecule has 1 atom stereocenters. The molecule has 2 aromatic rings. The van der Waals surface area contributed by atoms with E-state index in [2.05, 4.69) is 21.2 Å². The molecule has 0 radical (unpaired) electrons. The van der Waals surface area contributed by atoms with Crippen LogP contribution in [0.2, 0.25) is 0 Å². The van der Waals surface area contributed by atoms with Crippen LogP contribution in [0.5, 0.6) is 5.75 Å². The predicted octanol–water partition coefficient (Wildman–Crippen LogP) is 4.00. The van der Waals surface area contributed by atoms with Gasteiger partial charge in [-0.25, -0.2) is 0 Å². The molecule has 150 valence electrons. The monoisotopic (exact) mass is 446 g/mol. The van der Waals surface area contributed by atoms with Gasteiger partial charge in [-0.15, -0.1) is 0 Å². The van der Waals surface area contributed by atoms with E-state index in [1.54, 1.807) is 11.8 Å². The number of halogens is 1. The standard InChI is InChI=1S/C22H27BrN2O3/c1-5-24-22(27)17(4)25(13-18-8-6-15(2)7-9-18)21(26)14-28-19-10-11-20(23)16(3)12-19/h6-12,17H,5,13-14H2,1-4H3,(H,24,27). The third-order valence-corrected chi connectivity index (χ3v) is 5.37. The topological polar surface area (TPSA) is 58.6 Å². The first-order valence-corrected chi connectivity index (χ1v) is 10.1. The molecule has 1 N–H and O–H groups in total. The molecule has 0 heterocycles. The summed E-state index contributed by atoms with van der Waals surface area (Å²) in [6.45, 7) is 8.30. The van der Waals surface area contributed by atoms with Crippen LogP contribution >= 0.6 is 15.9 Å². The molecule has 0 aromatic heterocycles. The molecule has 0 saturated carbocycles. The first-order valence-electron chi connectivity index (χ1n) is 9.33. The van der Waals surface area contributed by atoms with Crippen molar-refractivity contribution in [3.05, 3.63) is 63.6 Å². The number of hydrogen-bond donors (Lipinski definition) is 1. The highest BCUT2D eigenvalue weighted by atomic mass is 79.9. The lowest BCUT2D eigenvalue weighted by atomic mass is 10.1. The highest BCUT2D eigenvalue weighted by Gasteiger charge is 2.26. The second-order valence-corrected chi connectivity index (χ2v) is 7.63. The summed E-state index contributed by atoms with van der Waals surface area (Å²) < 4.78 is 6.67. The number of carbonyl (C=O) groups excluding carboxylic acids is 2. The fourth-order valence-corrected chi connectivity index (χ4v) is 2.98. The summed E-state index contributed by atoms with van der Waals surface area (Å²) in [5.74, 6) is 0.206. The van der Waals surface area contributed by atoms with Gasteiger partial charge in [0.05, 0.1) is 0 Å². The van der Waals surface area contributed by atoms with Gasteiger partial charge in [0.2, 0.25) is 5.91 Å². The summed E-state index contributed by atoms with van der Waals surface area (Å²) in [5, 5.41) is 2.78. The summed E-state index contributed by atoms with van der Waals surface area (Å²) >= 11 is 3.45. The van der Waals surface area contributed by atoms with Gasteiger partial charge in [-0.1, -0.05) is 45.8 Å². The van der Waals surface area contributed by atoms with E-state index in [1.165, 1.54) is 0 Å². The summed E-state index contributed by atoms with van der Waals surface area (Å²) in [5.41, 5.74) is 3.14. The number of benzene rings is 2. The molecule has 0 saturated heterocycles. The number of aryl methyl sites for hydroxylation is 2. The number of nitrogens with zero attached hydrogens (tertiary/aromatic N) is 1. The number of carbonyl (C=O) groups is 2. The summed E-state index contributed by atoms with van der Waals surface area (Å²) in [6, 6.07) is 12.9. The van der Waals surface area contributed by atoms with E-state index >= 15 is 0 Å². The molecule has 6 heteroatoms. The Morgan fingerprint density at radius 2 is 1.82 bits per heavy atom. The van der Waals surface area contributed by atoms with E-state index in [9.17, 15) is 9.59 Å². The fourth-order valence-electron chi connectivity index (χ4n) is 2.73. The molecule has 0 aliphatic heterocycles. The molecule has 1 unspecified atom stereocenters. The van der Waals surface area contributed by atoms with Crippen molar-refractivity contribution in [3.63, 3.8) is 0 Å². The van der Waals surface area contributed by atoms with E-state index in [1.807, 2.05) is 63.2 Å². The van der Waals surface area contributed by atoms with Gasteiger partial charge in [-0.2, -0.15) is 0 Å². The number of amides is 2. The second kappa shape index (κ2) is 10.3. The minimum Gasteiger partial charge on any atom is -0.484 e. The molecule has 0 bridgehead atoms. The number of nitrogens with one attached hydrogen (secondary N) is 1. The van der Waals surface area contributed by atoms with E-state index in [-0.39, 0.29) is 18.4 Å². The number of hydrogen-bond acceptors (Lipinski definition) is 3. The van der Waals surface area contributed by atoms with Crippen LogP contribution in [0.25, 0.3) is 0 Å². The van der Waals surface area contributed by atoms with Crippen molar-refractivity contribution in [2.24, 2.45) is 0 Å². The summed E-state index contributed by atoms with van der Waals surface area (Å²) in [6.07, 6.45) is 0. The van der Waals surface area contributed by atoms with Gasteiger partial charge in [-0.3, -0.25) is 9.59 Å². The Morgan fingerprint density at radius 1 is 1.14 bits per heavy atom. The van der Waals surface area contributed by atoms with Gasteiger partial charge < -0.3 is 15.0 Å². The highest BCUT2D eigenvalue weighted by Crippen LogP contribution is 2.21. The summed E-state index contributed by atoms with van der Waals surface area (Å²) in [7, 11) is 0. The number of likely N-dealkylation sites (N-methyl/N-ethyl adjacent to an activating group) is 1. The smallest absolute Gasteiger partial charge is 0.261 e. The van der Waals surface area contributed by atoms with Crippen molar-refractivity contribution < 1.29 is 14.3 Å². The Balaban J connectivity index is 2.13. The first kappa shape index (κ1) is 22.0. The molecule has 2 rings (SSSR count). The highest BCUT2D eigenvalue weighted by molar-refractivity contribution is 9.10. The SMILES string of the molecule is CCNC(=O)C(C)N(Cc1ccc(C)cc1)C(=O)COc1ccc(Br)c(C)c1. The van der Waals surface area contributed by atoms with Gasteiger partial charge >= 0.3 is 0 Å². The fraction of sp³-hybridized carbons (Fsp3) is 0.364. The van der Waals surface area contributed by atoms with Gasteiger partial charge in [0, 0.05) is 17.6 Å². The maximum atomic E-state index is 12.9. The largest absolute Gasteiger partial charge is 0.484 e. The quantitative estimate of drug-likeness (QED) is 0.666. The molecule has 28 heavy (non-hydrogen) atoms. The maximum Gasteiger partial charge on any atom is 0.261 e. The van der Waals surface area contributed by atoms with E-state index < -0.39 is 6.04 Å². The molecule has 2 amide bonds. The van der Waals surface area contributed by atoms with Crippen LogP contribution in [-0.4, -0.2) is 35.9 Å². The lowest BCUT2D eigenvalue weighted by molar-refractivity contribution is -0.142. The zero-order valence-electron chi connectivity index (χ0n) is 16.8. The van der Waals surface area contributed by atoms with Crippen LogP contribution in [0.1, 0.15) is 30.5 Å². The van der Waals surface area contributed by atoms with Crippen LogP contribution < -0.4 is 10.1 Å². The van der Waals surface area contributed by atoms with Crippen molar-refractivity contribution in [2.75, 3.05) is 13.2 Å². The number of ether oxygens (including phenoxy) is 1. The Bertz CT molecular complexity index is 821. The normalized spacial score (nSPS) is 11.6. The van der Waals surface area contributed by atoms with Gasteiger partial charge in [0.15, 0.2) is 6.61 Å². The Hall–Kier alpha value is -2.34. The van der Waals surface area contributed by atoms with Crippen LogP contribution in [-0.2, 0) is 16.1 Å². The zero-order valence-corrected chi connectivity index (χ0v) is 18.4. The Kier molecular flexibility index (Phi) is 8.05. The lowest BCUT2D eigenvalue weighted by Gasteiger charge is -2.28. The number of rotatable bonds is 8. The summed E-state index contributed by atoms with van der Waals surface area (Å²) in [4.78, 5) is 26.8. The first-order chi connectivity index (χ1) is 13.3. The average Bonchev–Trinajstić information content (AvgIpc) is 2.68. The Labute approximate surface area is 175 Å². The zero-order chi connectivity index (χ0) is 20.7. The third-order valence-electron chi connectivity index (χ3n) is 4.48. The molecule has 0 fully saturated rings. The van der Waals surface area contributed by atoms with E-state index in [0.717, 1.165) is 21.2 Å². The van der Waals surface area contributed by atoms with Gasteiger partial charge in [-0.05, 0) is 57.0 Å². The average molecular weight is 447 g/mol. The van der Waals surface area contributed by atoms with Crippen LogP contribution in [0.3, 0.4) is 0 Å². The van der Waals surface area contributed by atoms with Gasteiger partial charge in [0.25, 0.3) is 5.91 Å². The van der Waals surface area contributed by atoms with Crippen molar-refractivity contribution in [1.29, 1.82) is 0 Å². The van der Waals surface area contributed by atoms with Crippen LogP contribution in [0.15, 0.2) is 46.9 Å². The molecular weight excluding hydrogens is 420 g/mol. The van der Waals surface area contributed by atoms with Crippen molar-refractivity contribution >= 4 is 27.7 Å². The predicted molar refractivity (Wildman–Crippen MR) is 114 cm³/mol. The maximum absolute atomic E-state index is 12.9. The van der Waals surface area contributed by atoms with Crippen LogP contribution in [0, 0.1) is 13.8 Å². The van der Waals surface area contributed by atoms with Crippen molar-refractivity contribution in [1.82, 2.24) is 10.2 Å². The van der Waals surface area contributed by atoms with Crippen LogP contribution in [0.4, 0.5) is 0 Å². The molecule has 2 aromatic carbocycles. The minimum atomic E-state index is -0.594. The molecule has 5 nitrogen and oxygen atoms in total.